The standard InChI is InChI=1S/C18H20O3/c1-2-20-18-13-16(14-19)10-11-17(18)21-12-6-9-15-7-4-3-5-8-15/h3-11,13,19H,2,12,14H2,1H3/b9-6+. The predicted molar refractivity (Wildman–Crippen MR) is 84.5 cm³/mol. The van der Waals surface area contributed by atoms with Gasteiger partial charge in [0.2, 0.25) is 0 Å². The molecule has 0 spiro atoms. The Hall–Kier alpha value is -2.26. The average molecular weight is 284 g/mol. The summed E-state index contributed by atoms with van der Waals surface area (Å²) >= 11 is 0. The molecule has 2 rings (SSSR count). The van der Waals surface area contributed by atoms with E-state index >= 15 is 0 Å². The van der Waals surface area contributed by atoms with Gasteiger partial charge in [0.25, 0.3) is 0 Å². The van der Waals surface area contributed by atoms with Crippen LogP contribution in [0.15, 0.2) is 54.6 Å². The monoisotopic (exact) mass is 284 g/mol. The van der Waals surface area contributed by atoms with Crippen molar-refractivity contribution in [3.63, 3.8) is 0 Å². The lowest BCUT2D eigenvalue weighted by molar-refractivity contribution is 0.276. The highest BCUT2D eigenvalue weighted by molar-refractivity contribution is 5.49. The van der Waals surface area contributed by atoms with Crippen molar-refractivity contribution in [2.75, 3.05) is 13.2 Å². The second kappa shape index (κ2) is 8.12. The molecule has 0 saturated heterocycles. The second-order valence-electron chi connectivity index (χ2n) is 4.50. The molecule has 0 aliphatic rings. The average Bonchev–Trinajstić information content (AvgIpc) is 2.54. The lowest BCUT2D eigenvalue weighted by Gasteiger charge is -2.11. The van der Waals surface area contributed by atoms with Crippen LogP contribution in [0.25, 0.3) is 6.08 Å². The Kier molecular flexibility index (Phi) is 5.85. The van der Waals surface area contributed by atoms with E-state index in [9.17, 15) is 0 Å². The van der Waals surface area contributed by atoms with Crippen molar-refractivity contribution < 1.29 is 14.6 Å². The Balaban J connectivity index is 1.97. The Morgan fingerprint density at radius 1 is 1.00 bits per heavy atom. The van der Waals surface area contributed by atoms with Crippen molar-refractivity contribution in [2.45, 2.75) is 13.5 Å². The summed E-state index contributed by atoms with van der Waals surface area (Å²) in [4.78, 5) is 0. The molecule has 0 radical (unpaired) electrons. The number of hydrogen-bond donors (Lipinski definition) is 1. The van der Waals surface area contributed by atoms with Crippen LogP contribution >= 0.6 is 0 Å². The first-order valence-corrected chi connectivity index (χ1v) is 7.04. The molecule has 0 unspecified atom stereocenters. The van der Waals surface area contributed by atoms with Gasteiger partial charge in [0.05, 0.1) is 13.2 Å². The lowest BCUT2D eigenvalue weighted by atomic mass is 10.2. The minimum Gasteiger partial charge on any atom is -0.490 e. The third-order valence-corrected chi connectivity index (χ3v) is 2.94. The van der Waals surface area contributed by atoms with Crippen LogP contribution in [-0.2, 0) is 6.61 Å². The molecule has 2 aromatic rings. The first-order chi connectivity index (χ1) is 10.3. The summed E-state index contributed by atoms with van der Waals surface area (Å²) in [5.74, 6) is 1.35. The number of aliphatic hydroxyl groups excluding tert-OH is 1. The normalized spacial score (nSPS) is 10.8. The summed E-state index contributed by atoms with van der Waals surface area (Å²) in [5, 5.41) is 9.15. The van der Waals surface area contributed by atoms with Crippen LogP contribution in [0.3, 0.4) is 0 Å². The molecule has 0 fully saturated rings. The summed E-state index contributed by atoms with van der Waals surface area (Å²) in [7, 11) is 0. The van der Waals surface area contributed by atoms with Gasteiger partial charge in [-0.15, -0.1) is 0 Å². The molecule has 0 aromatic heterocycles. The fourth-order valence-electron chi connectivity index (χ4n) is 1.92. The van der Waals surface area contributed by atoms with E-state index in [4.69, 9.17) is 14.6 Å². The zero-order valence-electron chi connectivity index (χ0n) is 12.2. The molecular weight excluding hydrogens is 264 g/mol. The van der Waals surface area contributed by atoms with Gasteiger partial charge in [-0.3, -0.25) is 0 Å². The Labute approximate surface area is 125 Å². The van der Waals surface area contributed by atoms with Crippen LogP contribution in [-0.4, -0.2) is 18.3 Å². The van der Waals surface area contributed by atoms with Crippen molar-refractivity contribution in [2.24, 2.45) is 0 Å². The molecule has 110 valence electrons. The summed E-state index contributed by atoms with van der Waals surface area (Å²) in [5.41, 5.74) is 1.95. The highest BCUT2D eigenvalue weighted by atomic mass is 16.5. The molecule has 3 nitrogen and oxygen atoms in total. The summed E-state index contributed by atoms with van der Waals surface area (Å²) in [6, 6.07) is 15.5. The van der Waals surface area contributed by atoms with E-state index in [-0.39, 0.29) is 6.61 Å². The molecule has 0 atom stereocenters. The van der Waals surface area contributed by atoms with E-state index in [1.165, 1.54) is 0 Å². The molecule has 2 aromatic carbocycles. The Morgan fingerprint density at radius 3 is 2.52 bits per heavy atom. The highest BCUT2D eigenvalue weighted by Gasteiger charge is 2.05. The van der Waals surface area contributed by atoms with Crippen molar-refractivity contribution in [1.29, 1.82) is 0 Å². The number of benzene rings is 2. The number of rotatable bonds is 7. The van der Waals surface area contributed by atoms with Gasteiger partial charge in [-0.1, -0.05) is 42.5 Å². The molecule has 1 N–H and O–H groups in total. The van der Waals surface area contributed by atoms with E-state index < -0.39 is 0 Å². The van der Waals surface area contributed by atoms with Crippen LogP contribution in [0.5, 0.6) is 11.5 Å². The minimum absolute atomic E-state index is 0.00569. The Bertz CT molecular complexity index is 576. The van der Waals surface area contributed by atoms with Crippen molar-refractivity contribution in [3.8, 4) is 11.5 Å². The van der Waals surface area contributed by atoms with Gasteiger partial charge >= 0.3 is 0 Å². The SMILES string of the molecule is CCOc1cc(CO)ccc1OC/C=C/c1ccccc1. The van der Waals surface area contributed by atoms with Crippen LogP contribution in [0, 0.1) is 0 Å². The van der Waals surface area contributed by atoms with E-state index in [1.54, 1.807) is 6.07 Å². The van der Waals surface area contributed by atoms with Gasteiger partial charge in [-0.05, 0) is 36.3 Å². The maximum atomic E-state index is 9.15. The molecule has 21 heavy (non-hydrogen) atoms. The minimum atomic E-state index is -0.00569. The fraction of sp³-hybridized carbons (Fsp3) is 0.222. The largest absolute Gasteiger partial charge is 0.490 e. The summed E-state index contributed by atoms with van der Waals surface area (Å²) in [6.45, 7) is 2.94. The van der Waals surface area contributed by atoms with Gasteiger partial charge in [-0.25, -0.2) is 0 Å². The first-order valence-electron chi connectivity index (χ1n) is 7.04. The fourth-order valence-corrected chi connectivity index (χ4v) is 1.92. The van der Waals surface area contributed by atoms with Gasteiger partial charge in [0.15, 0.2) is 11.5 Å². The molecular formula is C18H20O3. The lowest BCUT2D eigenvalue weighted by Crippen LogP contribution is -2.00. The number of aliphatic hydroxyl groups is 1. The van der Waals surface area contributed by atoms with E-state index in [1.807, 2.05) is 61.5 Å². The second-order valence-corrected chi connectivity index (χ2v) is 4.50. The van der Waals surface area contributed by atoms with E-state index in [2.05, 4.69) is 0 Å². The topological polar surface area (TPSA) is 38.7 Å². The van der Waals surface area contributed by atoms with Crippen LogP contribution < -0.4 is 9.47 Å². The smallest absolute Gasteiger partial charge is 0.161 e. The molecule has 0 saturated carbocycles. The quantitative estimate of drug-likeness (QED) is 0.843. The van der Waals surface area contributed by atoms with E-state index in [0.717, 1.165) is 11.1 Å². The number of hydrogen-bond acceptors (Lipinski definition) is 3. The predicted octanol–water partition coefficient (Wildman–Crippen LogP) is 3.67. The zero-order chi connectivity index (χ0) is 14.9. The van der Waals surface area contributed by atoms with Gasteiger partial charge < -0.3 is 14.6 Å². The molecule has 0 aliphatic heterocycles. The van der Waals surface area contributed by atoms with Crippen LogP contribution in [0.1, 0.15) is 18.1 Å². The Morgan fingerprint density at radius 2 is 1.81 bits per heavy atom. The van der Waals surface area contributed by atoms with Crippen LogP contribution in [0.4, 0.5) is 0 Å². The summed E-state index contributed by atoms with van der Waals surface area (Å²) in [6.07, 6.45) is 3.98. The summed E-state index contributed by atoms with van der Waals surface area (Å²) < 4.78 is 11.3. The van der Waals surface area contributed by atoms with Gasteiger partial charge in [0.1, 0.15) is 6.61 Å². The van der Waals surface area contributed by atoms with Crippen molar-refractivity contribution in [3.05, 3.63) is 65.7 Å². The number of ether oxygens (including phenoxy) is 2. The third kappa shape index (κ3) is 4.65. The van der Waals surface area contributed by atoms with Crippen molar-refractivity contribution in [1.82, 2.24) is 0 Å². The van der Waals surface area contributed by atoms with Gasteiger partial charge in [0, 0.05) is 0 Å². The zero-order valence-corrected chi connectivity index (χ0v) is 12.2. The van der Waals surface area contributed by atoms with Gasteiger partial charge in [-0.2, -0.15) is 0 Å². The van der Waals surface area contributed by atoms with Crippen LogP contribution in [0.2, 0.25) is 0 Å². The highest BCUT2D eigenvalue weighted by Crippen LogP contribution is 2.28. The third-order valence-electron chi connectivity index (χ3n) is 2.94. The molecule has 0 amide bonds. The molecule has 0 bridgehead atoms. The van der Waals surface area contributed by atoms with Crippen molar-refractivity contribution >= 4 is 6.08 Å². The van der Waals surface area contributed by atoms with E-state index in [0.29, 0.717) is 24.7 Å². The first kappa shape index (κ1) is 15.1. The maximum absolute atomic E-state index is 9.15. The maximum Gasteiger partial charge on any atom is 0.161 e. The molecule has 3 heteroatoms. The molecule has 0 aliphatic carbocycles. The molecule has 0 heterocycles.